The number of sulfonamides is 1. The van der Waals surface area contributed by atoms with Gasteiger partial charge in [0.2, 0.25) is 11.8 Å². The Bertz CT molecular complexity index is 1760. The number of hydrogen-bond acceptors (Lipinski definition) is 4. The molecule has 0 heterocycles. The fourth-order valence-electron chi connectivity index (χ4n) is 4.77. The molecule has 0 fully saturated rings. The van der Waals surface area contributed by atoms with Crippen LogP contribution in [0.1, 0.15) is 23.6 Å². The molecule has 1 N–H and O–H groups in total. The maximum atomic E-state index is 14.3. The molecule has 46 heavy (non-hydrogen) atoms. The summed E-state index contributed by atoms with van der Waals surface area (Å²) >= 11 is 5.82. The normalized spacial score (nSPS) is 12.3. The van der Waals surface area contributed by atoms with Crippen LogP contribution in [0.25, 0.3) is 0 Å². The van der Waals surface area contributed by atoms with Crippen LogP contribution in [0.5, 0.6) is 0 Å². The zero-order valence-corrected chi connectivity index (χ0v) is 26.1. The van der Waals surface area contributed by atoms with Crippen molar-refractivity contribution in [2.75, 3.05) is 17.4 Å². The van der Waals surface area contributed by atoms with E-state index >= 15 is 0 Å². The SMILES string of the molecule is CCNC(=O)C(Cc1ccccc1)N(Cc1ccc(F)cc1)C(=O)CN(c1ccc(Cl)c(C(F)(F)F)c1)S(=O)(=O)c1ccccc1. The number of carbonyl (C=O) groups is 2. The monoisotopic (exact) mass is 675 g/mol. The Morgan fingerprint density at radius 2 is 1.48 bits per heavy atom. The number of rotatable bonds is 12. The van der Waals surface area contributed by atoms with Crippen molar-refractivity contribution in [2.45, 2.75) is 37.0 Å². The molecule has 1 atom stereocenters. The second-order valence-corrected chi connectivity index (χ2v) is 12.5. The van der Waals surface area contributed by atoms with Crippen molar-refractivity contribution in [1.82, 2.24) is 10.2 Å². The summed E-state index contributed by atoms with van der Waals surface area (Å²) in [5.41, 5.74) is -0.634. The minimum absolute atomic E-state index is 0.0320. The molecule has 2 amide bonds. The van der Waals surface area contributed by atoms with Crippen molar-refractivity contribution >= 4 is 39.1 Å². The lowest BCUT2D eigenvalue weighted by Crippen LogP contribution is -2.53. The van der Waals surface area contributed by atoms with Crippen LogP contribution in [-0.2, 0) is 38.8 Å². The molecule has 7 nitrogen and oxygen atoms in total. The lowest BCUT2D eigenvalue weighted by Gasteiger charge is -2.34. The Balaban J connectivity index is 1.84. The predicted molar refractivity (Wildman–Crippen MR) is 167 cm³/mol. The van der Waals surface area contributed by atoms with Gasteiger partial charge in [0.1, 0.15) is 18.4 Å². The van der Waals surface area contributed by atoms with E-state index in [0.717, 1.165) is 17.0 Å². The van der Waals surface area contributed by atoms with Crippen LogP contribution in [0.2, 0.25) is 5.02 Å². The zero-order chi connectivity index (χ0) is 33.5. The maximum absolute atomic E-state index is 14.3. The van der Waals surface area contributed by atoms with Gasteiger partial charge in [-0.1, -0.05) is 72.3 Å². The molecule has 4 rings (SSSR count). The molecule has 0 bridgehead atoms. The third-order valence-electron chi connectivity index (χ3n) is 7.04. The van der Waals surface area contributed by atoms with E-state index < -0.39 is 62.7 Å². The van der Waals surface area contributed by atoms with Gasteiger partial charge in [-0.25, -0.2) is 12.8 Å². The van der Waals surface area contributed by atoms with Crippen LogP contribution >= 0.6 is 11.6 Å². The first-order chi connectivity index (χ1) is 21.8. The van der Waals surface area contributed by atoms with Crippen molar-refractivity contribution in [3.05, 3.63) is 131 Å². The summed E-state index contributed by atoms with van der Waals surface area (Å²) in [5.74, 6) is -1.96. The van der Waals surface area contributed by atoms with E-state index in [0.29, 0.717) is 21.5 Å². The van der Waals surface area contributed by atoms with Gasteiger partial charge in [-0.2, -0.15) is 13.2 Å². The fourth-order valence-corrected chi connectivity index (χ4v) is 6.42. The van der Waals surface area contributed by atoms with Crippen molar-refractivity contribution in [1.29, 1.82) is 0 Å². The van der Waals surface area contributed by atoms with Gasteiger partial charge in [-0.15, -0.1) is 0 Å². The molecule has 0 aliphatic carbocycles. The van der Waals surface area contributed by atoms with Gasteiger partial charge in [0.05, 0.1) is 21.2 Å². The number of nitrogens with zero attached hydrogens (tertiary/aromatic N) is 2. The molecule has 4 aromatic carbocycles. The molecule has 0 radical (unpaired) electrons. The van der Waals surface area contributed by atoms with Crippen LogP contribution in [0.3, 0.4) is 0 Å². The van der Waals surface area contributed by atoms with E-state index in [-0.39, 0.29) is 24.4 Å². The Labute approximate surface area is 269 Å². The highest BCUT2D eigenvalue weighted by Crippen LogP contribution is 2.38. The van der Waals surface area contributed by atoms with Crippen LogP contribution in [0, 0.1) is 5.82 Å². The fraction of sp³-hybridized carbons (Fsp3) is 0.212. The number of carbonyl (C=O) groups excluding carboxylic acids is 2. The first kappa shape index (κ1) is 34.5. The average Bonchev–Trinajstić information content (AvgIpc) is 3.03. The van der Waals surface area contributed by atoms with E-state index in [1.165, 1.54) is 48.5 Å². The number of halogens is 5. The third kappa shape index (κ3) is 8.43. The third-order valence-corrected chi connectivity index (χ3v) is 9.16. The summed E-state index contributed by atoms with van der Waals surface area (Å²) in [6, 6.07) is 22.3. The molecular weight excluding hydrogens is 646 g/mol. The summed E-state index contributed by atoms with van der Waals surface area (Å²) in [4.78, 5) is 28.6. The van der Waals surface area contributed by atoms with Crippen molar-refractivity contribution < 1.29 is 35.6 Å². The average molecular weight is 676 g/mol. The highest BCUT2D eigenvalue weighted by atomic mass is 35.5. The highest BCUT2D eigenvalue weighted by Gasteiger charge is 2.37. The van der Waals surface area contributed by atoms with Gasteiger partial charge in [0.15, 0.2) is 0 Å². The Hall–Kier alpha value is -4.42. The van der Waals surface area contributed by atoms with E-state index in [2.05, 4.69) is 5.32 Å². The molecule has 0 aromatic heterocycles. The number of nitrogens with one attached hydrogen (secondary N) is 1. The lowest BCUT2D eigenvalue weighted by molar-refractivity contribution is -0.140. The zero-order valence-electron chi connectivity index (χ0n) is 24.5. The number of likely N-dealkylation sites (N-methyl/N-ethyl adjacent to an activating group) is 1. The predicted octanol–water partition coefficient (Wildman–Crippen LogP) is 6.47. The second kappa shape index (κ2) is 14.8. The van der Waals surface area contributed by atoms with Gasteiger partial charge in [-0.05, 0) is 60.5 Å². The van der Waals surface area contributed by atoms with Crippen LogP contribution in [0.4, 0.5) is 23.2 Å². The molecule has 4 aromatic rings. The topological polar surface area (TPSA) is 86.8 Å². The number of alkyl halides is 3. The molecule has 1 unspecified atom stereocenters. The summed E-state index contributed by atoms with van der Waals surface area (Å²) < 4.78 is 83.8. The molecule has 242 valence electrons. The van der Waals surface area contributed by atoms with E-state index in [4.69, 9.17) is 11.6 Å². The molecule has 0 saturated heterocycles. The van der Waals surface area contributed by atoms with Crippen LogP contribution in [0.15, 0.2) is 108 Å². The largest absolute Gasteiger partial charge is 0.417 e. The number of benzene rings is 4. The molecule has 0 aliphatic rings. The van der Waals surface area contributed by atoms with Gasteiger partial charge in [0, 0.05) is 19.5 Å². The van der Waals surface area contributed by atoms with E-state index in [9.17, 15) is 35.6 Å². The number of anilines is 1. The minimum Gasteiger partial charge on any atom is -0.355 e. The summed E-state index contributed by atoms with van der Waals surface area (Å²) in [6.07, 6.45) is -4.89. The molecule has 0 saturated carbocycles. The molecule has 13 heteroatoms. The van der Waals surface area contributed by atoms with E-state index in [1.807, 2.05) is 0 Å². The van der Waals surface area contributed by atoms with E-state index in [1.54, 1.807) is 43.3 Å². The second-order valence-electron chi connectivity index (χ2n) is 10.2. The molecule has 0 spiro atoms. The van der Waals surface area contributed by atoms with Crippen LogP contribution in [-0.4, -0.2) is 44.3 Å². The Kier molecular flexibility index (Phi) is 11.1. The van der Waals surface area contributed by atoms with Gasteiger partial charge < -0.3 is 10.2 Å². The number of amides is 2. The van der Waals surface area contributed by atoms with Crippen LogP contribution < -0.4 is 9.62 Å². The van der Waals surface area contributed by atoms with Crippen molar-refractivity contribution in [3.63, 3.8) is 0 Å². The van der Waals surface area contributed by atoms with Gasteiger partial charge in [-0.3, -0.25) is 13.9 Å². The molecular formula is C33H30ClF4N3O4S. The minimum atomic E-state index is -4.92. The Morgan fingerprint density at radius 1 is 0.870 bits per heavy atom. The molecule has 0 aliphatic heterocycles. The standard InChI is InChI=1S/C33H30ClF4N3O4S/c1-2-39-32(43)30(19-23-9-5-3-6-10-23)40(21-24-13-15-25(35)16-14-24)31(42)22-41(46(44,45)27-11-7-4-8-12-27)26-17-18-29(34)28(20-26)33(36,37)38/h3-18,20,30H,2,19,21-22H2,1H3,(H,39,43). The maximum Gasteiger partial charge on any atom is 0.417 e. The summed E-state index contributed by atoms with van der Waals surface area (Å²) in [5, 5.41) is 2.05. The van der Waals surface area contributed by atoms with Gasteiger partial charge >= 0.3 is 6.18 Å². The van der Waals surface area contributed by atoms with Crippen molar-refractivity contribution in [2.24, 2.45) is 0 Å². The highest BCUT2D eigenvalue weighted by molar-refractivity contribution is 7.92. The summed E-state index contributed by atoms with van der Waals surface area (Å²) in [6.45, 7) is 0.711. The Morgan fingerprint density at radius 3 is 2.07 bits per heavy atom. The first-order valence-electron chi connectivity index (χ1n) is 14.1. The number of hydrogen-bond donors (Lipinski definition) is 1. The first-order valence-corrected chi connectivity index (χ1v) is 15.9. The smallest absolute Gasteiger partial charge is 0.355 e. The summed E-state index contributed by atoms with van der Waals surface area (Å²) in [7, 11) is -4.63. The van der Waals surface area contributed by atoms with Crippen molar-refractivity contribution in [3.8, 4) is 0 Å². The quantitative estimate of drug-likeness (QED) is 0.175. The lowest BCUT2D eigenvalue weighted by atomic mass is 10.0. The van der Waals surface area contributed by atoms with Gasteiger partial charge in [0.25, 0.3) is 10.0 Å².